The quantitative estimate of drug-likeness (QED) is 0.764. The number of carbonyl (C=O) groups excluding carboxylic acids is 1. The molecule has 0 aliphatic heterocycles. The Hall–Kier alpha value is -3.22. The van der Waals surface area contributed by atoms with Crippen molar-refractivity contribution in [3.8, 4) is 11.8 Å². The fourth-order valence-electron chi connectivity index (χ4n) is 2.57. The zero-order valence-electron chi connectivity index (χ0n) is 14.2. The highest BCUT2D eigenvalue weighted by atomic mass is 16.5. The minimum Gasteiger partial charge on any atom is -0.424 e. The van der Waals surface area contributed by atoms with Crippen LogP contribution in [-0.4, -0.2) is 21.0 Å². The summed E-state index contributed by atoms with van der Waals surface area (Å²) >= 11 is 0. The predicted molar refractivity (Wildman–Crippen MR) is 91.6 cm³/mol. The number of aromatic nitrogens is 3. The van der Waals surface area contributed by atoms with Crippen molar-refractivity contribution in [1.29, 1.82) is 0 Å². The predicted octanol–water partition coefficient (Wildman–Crippen LogP) is 3.62. The standard InChI is InChI=1S/C18H18N4O3/c1-11(16-12(2)22-25-13(16)3)17(23)21-14-6-4-7-15(10-14)24-18-19-8-5-9-20-18/h4-11H,1-3H3,(H,21,23)/t11-/m0/s1. The molecule has 0 aliphatic carbocycles. The minimum atomic E-state index is -0.381. The van der Waals surface area contributed by atoms with Crippen molar-refractivity contribution in [3.05, 3.63) is 59.7 Å². The molecule has 0 aliphatic rings. The highest BCUT2D eigenvalue weighted by Gasteiger charge is 2.23. The molecule has 7 heteroatoms. The van der Waals surface area contributed by atoms with Crippen LogP contribution in [0.1, 0.15) is 29.9 Å². The van der Waals surface area contributed by atoms with E-state index in [0.29, 0.717) is 17.2 Å². The van der Waals surface area contributed by atoms with Gasteiger partial charge in [-0.3, -0.25) is 4.79 Å². The lowest BCUT2D eigenvalue weighted by molar-refractivity contribution is -0.117. The van der Waals surface area contributed by atoms with E-state index in [2.05, 4.69) is 20.4 Å². The molecular formula is C18H18N4O3. The number of benzene rings is 1. The van der Waals surface area contributed by atoms with Gasteiger partial charge in [0.2, 0.25) is 5.91 Å². The van der Waals surface area contributed by atoms with E-state index in [9.17, 15) is 4.79 Å². The average molecular weight is 338 g/mol. The number of hydrogen-bond donors (Lipinski definition) is 1. The Morgan fingerprint density at radius 1 is 1.20 bits per heavy atom. The molecule has 3 rings (SSSR count). The van der Waals surface area contributed by atoms with Crippen molar-refractivity contribution in [2.24, 2.45) is 0 Å². The van der Waals surface area contributed by atoms with E-state index in [-0.39, 0.29) is 17.8 Å². The number of nitrogens with zero attached hydrogens (tertiary/aromatic N) is 3. The first-order chi connectivity index (χ1) is 12.0. The Morgan fingerprint density at radius 2 is 1.96 bits per heavy atom. The van der Waals surface area contributed by atoms with Crippen molar-refractivity contribution >= 4 is 11.6 Å². The summed E-state index contributed by atoms with van der Waals surface area (Å²) in [5.74, 6) is 0.656. The molecule has 0 unspecified atom stereocenters. The van der Waals surface area contributed by atoms with Gasteiger partial charge < -0.3 is 14.6 Å². The van der Waals surface area contributed by atoms with E-state index in [1.165, 1.54) is 0 Å². The largest absolute Gasteiger partial charge is 0.424 e. The third-order valence-corrected chi connectivity index (χ3v) is 3.77. The summed E-state index contributed by atoms with van der Waals surface area (Å²) in [5.41, 5.74) is 2.15. The normalized spacial score (nSPS) is 11.8. The molecule has 2 aromatic heterocycles. The van der Waals surface area contributed by atoms with Crippen LogP contribution in [0.4, 0.5) is 5.69 Å². The molecule has 1 N–H and O–H groups in total. The molecule has 25 heavy (non-hydrogen) atoms. The number of anilines is 1. The van der Waals surface area contributed by atoms with Gasteiger partial charge in [-0.15, -0.1) is 0 Å². The maximum atomic E-state index is 12.5. The Kier molecular flexibility index (Phi) is 4.74. The van der Waals surface area contributed by atoms with Crippen molar-refractivity contribution < 1.29 is 14.1 Å². The number of carbonyl (C=O) groups is 1. The first-order valence-electron chi connectivity index (χ1n) is 7.83. The van der Waals surface area contributed by atoms with Crippen LogP contribution in [-0.2, 0) is 4.79 Å². The van der Waals surface area contributed by atoms with E-state index in [1.807, 2.05) is 13.8 Å². The van der Waals surface area contributed by atoms with E-state index in [0.717, 1.165) is 11.3 Å². The SMILES string of the molecule is Cc1noc(C)c1[C@H](C)C(=O)Nc1cccc(Oc2ncccn2)c1. The summed E-state index contributed by atoms with van der Waals surface area (Å²) in [7, 11) is 0. The van der Waals surface area contributed by atoms with Crippen LogP contribution in [0.5, 0.6) is 11.8 Å². The average Bonchev–Trinajstić information content (AvgIpc) is 2.94. The molecule has 0 radical (unpaired) electrons. The van der Waals surface area contributed by atoms with Crippen LogP contribution in [0, 0.1) is 13.8 Å². The van der Waals surface area contributed by atoms with Gasteiger partial charge in [0.25, 0.3) is 0 Å². The van der Waals surface area contributed by atoms with Crippen LogP contribution in [0.3, 0.4) is 0 Å². The zero-order chi connectivity index (χ0) is 17.8. The topological polar surface area (TPSA) is 90.1 Å². The number of rotatable bonds is 5. The van der Waals surface area contributed by atoms with Gasteiger partial charge in [-0.1, -0.05) is 11.2 Å². The number of ether oxygens (including phenoxy) is 1. The summed E-state index contributed by atoms with van der Waals surface area (Å²) < 4.78 is 10.7. The van der Waals surface area contributed by atoms with Gasteiger partial charge in [-0.2, -0.15) is 0 Å². The lowest BCUT2D eigenvalue weighted by Crippen LogP contribution is -2.19. The van der Waals surface area contributed by atoms with Crippen molar-refractivity contribution in [3.63, 3.8) is 0 Å². The Bertz CT molecular complexity index is 858. The fraction of sp³-hybridized carbons (Fsp3) is 0.222. The third kappa shape index (κ3) is 3.82. The first kappa shape index (κ1) is 16.6. The second-order valence-corrected chi connectivity index (χ2v) is 5.61. The van der Waals surface area contributed by atoms with Crippen molar-refractivity contribution in [1.82, 2.24) is 15.1 Å². The van der Waals surface area contributed by atoms with Gasteiger partial charge in [0.15, 0.2) is 0 Å². The second-order valence-electron chi connectivity index (χ2n) is 5.61. The van der Waals surface area contributed by atoms with Gasteiger partial charge in [0.1, 0.15) is 11.5 Å². The van der Waals surface area contributed by atoms with Gasteiger partial charge >= 0.3 is 6.01 Å². The molecule has 0 saturated heterocycles. The van der Waals surface area contributed by atoms with Crippen LogP contribution >= 0.6 is 0 Å². The molecule has 128 valence electrons. The molecule has 0 saturated carbocycles. The Labute approximate surface area is 145 Å². The van der Waals surface area contributed by atoms with Gasteiger partial charge in [-0.25, -0.2) is 9.97 Å². The molecule has 0 fully saturated rings. The lowest BCUT2D eigenvalue weighted by atomic mass is 9.98. The Balaban J connectivity index is 1.72. The Morgan fingerprint density at radius 3 is 2.64 bits per heavy atom. The number of nitrogens with one attached hydrogen (secondary N) is 1. The number of aryl methyl sites for hydroxylation is 2. The molecule has 0 bridgehead atoms. The molecular weight excluding hydrogens is 320 g/mol. The van der Waals surface area contributed by atoms with Crippen LogP contribution in [0.15, 0.2) is 47.2 Å². The lowest BCUT2D eigenvalue weighted by Gasteiger charge is -2.13. The van der Waals surface area contributed by atoms with Crippen LogP contribution in [0.2, 0.25) is 0 Å². The zero-order valence-corrected chi connectivity index (χ0v) is 14.2. The van der Waals surface area contributed by atoms with Crippen molar-refractivity contribution in [2.75, 3.05) is 5.32 Å². The summed E-state index contributed by atoms with van der Waals surface area (Å²) in [6.45, 7) is 5.44. The molecule has 7 nitrogen and oxygen atoms in total. The number of hydrogen-bond acceptors (Lipinski definition) is 6. The summed E-state index contributed by atoms with van der Waals surface area (Å²) in [4.78, 5) is 20.6. The van der Waals surface area contributed by atoms with Crippen molar-refractivity contribution in [2.45, 2.75) is 26.7 Å². The molecule has 1 atom stereocenters. The summed E-state index contributed by atoms with van der Waals surface area (Å²) in [5, 5.41) is 6.78. The van der Waals surface area contributed by atoms with Gasteiger partial charge in [-0.05, 0) is 39.0 Å². The summed E-state index contributed by atoms with van der Waals surface area (Å²) in [6.07, 6.45) is 3.19. The van der Waals surface area contributed by atoms with E-state index in [4.69, 9.17) is 9.26 Å². The van der Waals surface area contributed by atoms with Crippen LogP contribution < -0.4 is 10.1 Å². The smallest absolute Gasteiger partial charge is 0.321 e. The minimum absolute atomic E-state index is 0.150. The highest BCUT2D eigenvalue weighted by Crippen LogP contribution is 2.26. The molecule has 1 aromatic carbocycles. The first-order valence-corrected chi connectivity index (χ1v) is 7.83. The maximum Gasteiger partial charge on any atom is 0.321 e. The third-order valence-electron chi connectivity index (χ3n) is 3.77. The maximum absolute atomic E-state index is 12.5. The number of amides is 1. The molecule has 0 spiro atoms. The van der Waals surface area contributed by atoms with E-state index < -0.39 is 0 Å². The molecule has 3 aromatic rings. The summed E-state index contributed by atoms with van der Waals surface area (Å²) in [6, 6.07) is 9.01. The second kappa shape index (κ2) is 7.12. The van der Waals surface area contributed by atoms with Gasteiger partial charge in [0, 0.05) is 29.7 Å². The highest BCUT2D eigenvalue weighted by molar-refractivity contribution is 5.96. The van der Waals surface area contributed by atoms with E-state index in [1.54, 1.807) is 49.6 Å². The molecule has 1 amide bonds. The monoisotopic (exact) mass is 338 g/mol. The van der Waals surface area contributed by atoms with E-state index >= 15 is 0 Å². The molecule has 2 heterocycles. The van der Waals surface area contributed by atoms with Crippen LogP contribution in [0.25, 0.3) is 0 Å². The van der Waals surface area contributed by atoms with Gasteiger partial charge in [0.05, 0.1) is 11.6 Å². The fourth-order valence-corrected chi connectivity index (χ4v) is 2.57.